The van der Waals surface area contributed by atoms with Crippen molar-refractivity contribution in [1.82, 2.24) is 5.32 Å². The molecule has 0 bridgehead atoms. The van der Waals surface area contributed by atoms with Crippen LogP contribution in [0.2, 0.25) is 0 Å². The van der Waals surface area contributed by atoms with Crippen LogP contribution in [0.25, 0.3) is 0 Å². The van der Waals surface area contributed by atoms with Crippen LogP contribution in [0, 0.1) is 0 Å². The molecule has 0 unspecified atom stereocenters. The number of amides is 1. The molecule has 5 rings (SSSR count). The minimum Gasteiger partial charge on any atom is -0.394 e. The Balaban J connectivity index is 1.35. The Morgan fingerprint density at radius 2 is 0.898 bits per heavy atom. The predicted octanol–water partition coefficient (Wildman–Crippen LogP) is -11.8. The van der Waals surface area contributed by atoms with Gasteiger partial charge in [0.15, 0.2) is 31.5 Å². The Hall–Kier alpha value is -1.53. The summed E-state index contributed by atoms with van der Waals surface area (Å²) in [5.74, 6) is -0.811. The predicted molar refractivity (Wildman–Crippen MR) is 178 cm³/mol. The lowest BCUT2D eigenvalue weighted by atomic mass is 9.94. The van der Waals surface area contributed by atoms with E-state index in [9.17, 15) is 86.5 Å². The number of carbonyl (C=O) groups is 1. The molecule has 5 heterocycles. The summed E-state index contributed by atoms with van der Waals surface area (Å²) in [6.45, 7) is -3.36. The van der Waals surface area contributed by atoms with Crippen LogP contribution >= 0.6 is 0 Å². The van der Waals surface area contributed by atoms with E-state index in [1.54, 1.807) is 0 Å². The van der Waals surface area contributed by atoms with E-state index in [-0.39, 0.29) is 0 Å². The molecule has 0 aliphatic carbocycles. The average Bonchev–Trinajstić information content (AvgIpc) is 3.21. The summed E-state index contributed by atoms with van der Waals surface area (Å²) in [6, 6.07) is -1.71. The summed E-state index contributed by atoms with van der Waals surface area (Å²) in [5, 5.41) is 169. The minimum atomic E-state index is -2.09. The van der Waals surface area contributed by atoms with Gasteiger partial charge in [0.1, 0.15) is 122 Å². The molecular formula is C32H55NO26. The summed E-state index contributed by atoms with van der Waals surface area (Å²) >= 11 is 0. The highest BCUT2D eigenvalue weighted by atomic mass is 16.8. The number of hydrogen-bond acceptors (Lipinski definition) is 26. The third kappa shape index (κ3) is 10.3. The van der Waals surface area contributed by atoms with Crippen molar-refractivity contribution in [3.8, 4) is 0 Å². The van der Waals surface area contributed by atoms with Crippen molar-refractivity contribution in [2.75, 3.05) is 33.0 Å². The van der Waals surface area contributed by atoms with E-state index in [0.717, 1.165) is 6.92 Å². The molecule has 27 nitrogen and oxygen atoms in total. The first-order valence-electron chi connectivity index (χ1n) is 18.6. The fourth-order valence-corrected chi connectivity index (χ4v) is 7.30. The zero-order valence-corrected chi connectivity index (χ0v) is 31.2. The maximum absolute atomic E-state index is 12.4. The fourth-order valence-electron chi connectivity index (χ4n) is 7.30. The number of hydrogen-bond donors (Lipinski definition) is 17. The summed E-state index contributed by atoms with van der Waals surface area (Å²) < 4.78 is 50.3. The first kappa shape index (κ1) is 48.5. The van der Waals surface area contributed by atoms with Gasteiger partial charge in [-0.3, -0.25) is 4.79 Å². The second kappa shape index (κ2) is 20.8. The van der Waals surface area contributed by atoms with Gasteiger partial charge in [-0.15, -0.1) is 0 Å². The molecule has 0 aromatic heterocycles. The van der Waals surface area contributed by atoms with Crippen LogP contribution < -0.4 is 5.32 Å². The fraction of sp³-hybridized carbons (Fsp3) is 0.969. The molecule has 27 heteroatoms. The highest BCUT2D eigenvalue weighted by Gasteiger charge is 2.56. The van der Waals surface area contributed by atoms with Crippen molar-refractivity contribution in [1.29, 1.82) is 0 Å². The Labute approximate surface area is 333 Å². The molecule has 0 aromatic rings. The molecule has 59 heavy (non-hydrogen) atoms. The van der Waals surface area contributed by atoms with Crippen LogP contribution in [0.15, 0.2) is 0 Å². The summed E-state index contributed by atoms with van der Waals surface area (Å²) in [5.41, 5.74) is 0. The SMILES string of the molecule is CC(=O)N[C@H]1[C@H](O[C@@H]2[C@@H](OC[C@H]3O[C@@H](O)[C@@H](O)[C@@H](O)[C@@H]3O)O[C@H](CO)[C@@H](O)[C@@H]2O)O[C@H](CO)[C@@H](O[C@@H]2O[C@H](CO)[C@H](O)[C@H](O[C@H]3O[C@H](CO)[C@H](O)[C@H](O)[C@H]3O)[C@H]2O)[C@@H]1O. The van der Waals surface area contributed by atoms with E-state index in [4.69, 9.17) is 42.6 Å². The molecule has 25 atom stereocenters. The van der Waals surface area contributed by atoms with Gasteiger partial charge in [0.05, 0.1) is 33.0 Å². The normalized spacial score (nSPS) is 51.0. The van der Waals surface area contributed by atoms with Gasteiger partial charge in [-0.2, -0.15) is 0 Å². The van der Waals surface area contributed by atoms with Crippen LogP contribution in [0.4, 0.5) is 0 Å². The van der Waals surface area contributed by atoms with Gasteiger partial charge in [0.2, 0.25) is 5.91 Å². The maximum atomic E-state index is 12.4. The third-order valence-electron chi connectivity index (χ3n) is 10.7. The second-order valence-corrected chi connectivity index (χ2v) is 14.7. The number of rotatable bonds is 14. The van der Waals surface area contributed by atoms with Crippen molar-refractivity contribution < 1.29 is 129 Å². The van der Waals surface area contributed by atoms with Gasteiger partial charge in [-0.1, -0.05) is 0 Å². The van der Waals surface area contributed by atoms with Gasteiger partial charge in [-0.05, 0) is 0 Å². The quantitative estimate of drug-likeness (QED) is 0.0770. The first-order chi connectivity index (χ1) is 27.9. The highest BCUT2D eigenvalue weighted by molar-refractivity contribution is 5.73. The summed E-state index contributed by atoms with van der Waals surface area (Å²) in [6.07, 6.45) is -43.9. The number of carbonyl (C=O) groups excluding carboxylic acids is 1. The lowest BCUT2D eigenvalue weighted by Crippen LogP contribution is -2.69. The smallest absolute Gasteiger partial charge is 0.217 e. The Morgan fingerprint density at radius 1 is 0.441 bits per heavy atom. The van der Waals surface area contributed by atoms with Crippen LogP contribution in [-0.4, -0.2) is 274 Å². The maximum Gasteiger partial charge on any atom is 0.217 e. The lowest BCUT2D eigenvalue weighted by Gasteiger charge is -2.50. The molecular weight excluding hydrogens is 814 g/mol. The largest absolute Gasteiger partial charge is 0.394 e. The van der Waals surface area contributed by atoms with Gasteiger partial charge in [0, 0.05) is 6.92 Å². The van der Waals surface area contributed by atoms with Gasteiger partial charge < -0.3 is 130 Å². The van der Waals surface area contributed by atoms with Crippen LogP contribution in [-0.2, 0) is 47.4 Å². The average molecular weight is 870 g/mol. The van der Waals surface area contributed by atoms with E-state index in [2.05, 4.69) is 5.32 Å². The summed E-state index contributed by atoms with van der Waals surface area (Å²) in [7, 11) is 0. The van der Waals surface area contributed by atoms with Crippen molar-refractivity contribution in [3.63, 3.8) is 0 Å². The van der Waals surface area contributed by atoms with E-state index in [1.165, 1.54) is 0 Å². The lowest BCUT2D eigenvalue weighted by molar-refractivity contribution is -0.385. The Bertz CT molecular complexity index is 1320. The van der Waals surface area contributed by atoms with Gasteiger partial charge in [0.25, 0.3) is 0 Å². The third-order valence-corrected chi connectivity index (χ3v) is 10.7. The molecule has 5 aliphatic rings. The standard InChI is InChI=1S/C32H55NO26/c1-7(38)33-13-18(43)25(57-31-24(49)26(17(42)10(4-36)54-31)58-30-23(48)20(45)14(39)8(2-34)53-30)11(5-37)56-29(13)59-27-21(46)15(40)9(3-35)55-32(27)51-6-12-16(41)19(44)22(47)28(50)52-12/h8-32,34-37,39-50H,2-6H2,1H3,(H,33,38)/t8-,9-,10-,11-,12-,13-,14+,15-,16-,17+,18-,19+,20+,21+,22+,23-,24-,25-,26+,27+,28-,29+,30-,31+,32+/m1/s1. The van der Waals surface area contributed by atoms with Crippen molar-refractivity contribution in [2.45, 2.75) is 160 Å². The van der Waals surface area contributed by atoms with Gasteiger partial charge in [-0.25, -0.2) is 0 Å². The molecule has 5 fully saturated rings. The van der Waals surface area contributed by atoms with Crippen molar-refractivity contribution in [3.05, 3.63) is 0 Å². The minimum absolute atomic E-state index is 0.736. The Kier molecular flexibility index (Phi) is 17.1. The molecule has 17 N–H and O–H groups in total. The molecule has 0 aromatic carbocycles. The number of nitrogens with one attached hydrogen (secondary N) is 1. The highest BCUT2D eigenvalue weighted by Crippen LogP contribution is 2.35. The van der Waals surface area contributed by atoms with Crippen molar-refractivity contribution in [2.24, 2.45) is 0 Å². The van der Waals surface area contributed by atoms with E-state index < -0.39 is 192 Å². The molecule has 344 valence electrons. The number of aliphatic hydroxyl groups is 16. The van der Waals surface area contributed by atoms with Crippen LogP contribution in [0.1, 0.15) is 6.92 Å². The zero-order valence-electron chi connectivity index (χ0n) is 31.2. The first-order valence-corrected chi connectivity index (χ1v) is 18.6. The number of aliphatic hydroxyl groups excluding tert-OH is 16. The van der Waals surface area contributed by atoms with Crippen LogP contribution in [0.5, 0.6) is 0 Å². The monoisotopic (exact) mass is 869 g/mol. The molecule has 5 aliphatic heterocycles. The molecule has 0 saturated carbocycles. The Morgan fingerprint density at radius 3 is 1.47 bits per heavy atom. The molecule has 5 saturated heterocycles. The van der Waals surface area contributed by atoms with Gasteiger partial charge >= 0.3 is 0 Å². The van der Waals surface area contributed by atoms with Crippen molar-refractivity contribution >= 4 is 5.91 Å². The van der Waals surface area contributed by atoms with Crippen LogP contribution in [0.3, 0.4) is 0 Å². The summed E-state index contributed by atoms with van der Waals surface area (Å²) in [4.78, 5) is 12.4. The molecule has 0 radical (unpaired) electrons. The van der Waals surface area contributed by atoms with E-state index >= 15 is 0 Å². The van der Waals surface area contributed by atoms with E-state index in [1.807, 2.05) is 0 Å². The van der Waals surface area contributed by atoms with E-state index in [0.29, 0.717) is 0 Å². The number of ether oxygens (including phenoxy) is 9. The molecule has 1 amide bonds. The molecule has 0 spiro atoms. The second-order valence-electron chi connectivity index (χ2n) is 14.7. The zero-order chi connectivity index (χ0) is 43.6. The topological polar surface area (TPSA) is 436 Å².